The van der Waals surface area contributed by atoms with Crippen molar-refractivity contribution >= 4 is 33.0 Å². The van der Waals surface area contributed by atoms with Gasteiger partial charge in [-0.25, -0.2) is 0 Å². The maximum atomic E-state index is 6.34. The van der Waals surface area contributed by atoms with Gasteiger partial charge in [0.1, 0.15) is 0 Å². The summed E-state index contributed by atoms with van der Waals surface area (Å²) < 4.78 is 0. The van der Waals surface area contributed by atoms with Crippen LogP contribution in [0.2, 0.25) is 0 Å². The summed E-state index contributed by atoms with van der Waals surface area (Å²) in [6, 6.07) is 55.7. The van der Waals surface area contributed by atoms with Crippen molar-refractivity contribution < 1.29 is 17.7 Å². The summed E-state index contributed by atoms with van der Waals surface area (Å²) in [5.41, 5.74) is 4.01. The monoisotopic (exact) mass is 686 g/mol. The molecule has 0 amide bonds. The Balaban J connectivity index is 0.000000132. The minimum absolute atomic E-state index is 0.873. The van der Waals surface area contributed by atoms with Crippen molar-refractivity contribution in [2.24, 2.45) is 0 Å². The van der Waals surface area contributed by atoms with Crippen molar-refractivity contribution in [2.45, 2.75) is 0 Å². The normalized spacial score (nSPS) is 9.94. The minimum Gasteiger partial charge on any atom is -0.168 e. The Morgan fingerprint density at radius 3 is 1.19 bits per heavy atom. The van der Waals surface area contributed by atoms with Crippen LogP contribution in [0, 0.1) is 12.1 Å². The van der Waals surface area contributed by atoms with E-state index in [1.807, 2.05) is 60.7 Å². The molecule has 0 fully saturated rings. The second kappa shape index (κ2) is 14.3. The van der Waals surface area contributed by atoms with Crippen molar-refractivity contribution in [3.8, 4) is 22.3 Å². The first-order valence-electron chi connectivity index (χ1n) is 11.6. The molecule has 6 rings (SSSR count). The molecule has 0 saturated heterocycles. The van der Waals surface area contributed by atoms with E-state index >= 15 is 0 Å². The summed E-state index contributed by atoms with van der Waals surface area (Å²) in [5, 5.41) is 2.68. The van der Waals surface area contributed by atoms with E-state index in [1.54, 1.807) is 0 Å². The van der Waals surface area contributed by atoms with Crippen molar-refractivity contribution in [1.82, 2.24) is 0 Å². The van der Waals surface area contributed by atoms with Crippen LogP contribution >= 0.6 is 17.2 Å². The van der Waals surface area contributed by atoms with Gasteiger partial charge in [-0.05, 0) is 0 Å². The molecular weight excluding hydrogens is 662 g/mol. The van der Waals surface area contributed by atoms with Crippen LogP contribution in [0.15, 0.2) is 146 Å². The zero-order valence-electron chi connectivity index (χ0n) is 19.6. The molecule has 0 unspecified atom stereocenters. The molecule has 0 heterocycles. The van der Waals surface area contributed by atoms with Crippen LogP contribution in [0.3, 0.4) is 0 Å². The Morgan fingerprint density at radius 1 is 0.444 bits per heavy atom. The summed E-state index contributed by atoms with van der Waals surface area (Å²) in [5.74, 6) is 0. The van der Waals surface area contributed by atoms with Crippen molar-refractivity contribution in [1.29, 1.82) is 0 Å². The Kier molecular flexibility index (Phi) is 10.6. The van der Waals surface area contributed by atoms with Crippen molar-refractivity contribution in [2.75, 3.05) is 0 Å². The number of fused-ring (bicyclic) bond motifs is 2. The molecule has 0 radical (unpaired) electrons. The van der Waals surface area contributed by atoms with Crippen LogP contribution in [0.5, 0.6) is 0 Å². The fraction of sp³-hybridized carbons (Fsp3) is 0. The molecule has 0 bridgehead atoms. The van der Waals surface area contributed by atoms with E-state index in [4.69, 9.17) is 17.2 Å². The van der Waals surface area contributed by atoms with Gasteiger partial charge in [-0.3, -0.25) is 0 Å². The molecule has 0 spiro atoms. The Labute approximate surface area is 229 Å². The SMILES string of the molecule is [Cl][Hf]([Cl])=[Si](c1ccccc1)c1ccccc1.[c-]1ccc2cccccc1-2.[c-]1ccc2cccccc1-2. The average Bonchev–Trinajstić information content (AvgIpc) is 3.42. The van der Waals surface area contributed by atoms with Crippen LogP contribution in [0.4, 0.5) is 0 Å². The first kappa shape index (κ1) is 26.6. The van der Waals surface area contributed by atoms with Crippen molar-refractivity contribution in [3.05, 3.63) is 158 Å². The van der Waals surface area contributed by atoms with Gasteiger partial charge < -0.3 is 0 Å². The van der Waals surface area contributed by atoms with Crippen LogP contribution in [-0.2, 0) is 17.7 Å². The van der Waals surface area contributed by atoms with Gasteiger partial charge in [-0.1, -0.05) is 24.3 Å². The van der Waals surface area contributed by atoms with Gasteiger partial charge >= 0.3 is 111 Å². The fourth-order valence-electron chi connectivity index (χ4n) is 3.71. The number of hydrogen-bond acceptors (Lipinski definition) is 0. The van der Waals surface area contributed by atoms with Gasteiger partial charge in [0.25, 0.3) is 0 Å². The van der Waals surface area contributed by atoms with Gasteiger partial charge in [-0.2, -0.15) is 35.4 Å². The molecule has 2 aromatic carbocycles. The standard InChI is InChI=1S/C12H10Si.2C10H7.2ClH.Hf/c1-3-7-11(8-4-1)13-12-9-5-2-6-10-12;2*1-2-5-9-7-4-8-10(9)6-3-1;;;/h1-10H;2*1-7H;2*1H;/q;2*-1;;;+2/p-2. The van der Waals surface area contributed by atoms with Gasteiger partial charge in [0.05, 0.1) is 0 Å². The van der Waals surface area contributed by atoms with Crippen LogP contribution < -0.4 is 10.4 Å². The third-order valence-electron chi connectivity index (χ3n) is 5.46. The molecule has 36 heavy (non-hydrogen) atoms. The first-order valence-corrected chi connectivity index (χ1v) is 27.4. The van der Waals surface area contributed by atoms with E-state index in [-0.39, 0.29) is 0 Å². The minimum atomic E-state index is -2.41. The second-order valence-electron chi connectivity index (χ2n) is 7.88. The number of hydrogen-bond donors (Lipinski definition) is 0. The molecule has 2 aromatic rings. The van der Waals surface area contributed by atoms with E-state index in [2.05, 4.69) is 97.1 Å². The smallest absolute Gasteiger partial charge is 0.0723 e. The maximum Gasteiger partial charge on any atom is -0.0723 e. The molecule has 0 nitrogen and oxygen atoms in total. The van der Waals surface area contributed by atoms with E-state index in [0.29, 0.717) is 0 Å². The predicted molar refractivity (Wildman–Crippen MR) is 153 cm³/mol. The molecule has 0 atom stereocenters. The molecule has 4 aliphatic rings. The quantitative estimate of drug-likeness (QED) is 0.129. The summed E-state index contributed by atoms with van der Waals surface area (Å²) in [6.45, 7) is 0. The van der Waals surface area contributed by atoms with Gasteiger partial charge in [0, 0.05) is 0 Å². The fourth-order valence-corrected chi connectivity index (χ4v) is 24.5. The van der Waals surface area contributed by atoms with Crippen LogP contribution in [-0.4, -0.2) is 5.49 Å². The maximum absolute atomic E-state index is 6.34. The van der Waals surface area contributed by atoms with Gasteiger partial charge in [-0.15, -0.1) is 59.7 Å². The summed E-state index contributed by atoms with van der Waals surface area (Å²) in [6.07, 6.45) is 0. The molecule has 176 valence electrons. The summed E-state index contributed by atoms with van der Waals surface area (Å²) >= 11 is -2.41. The largest absolute Gasteiger partial charge is 0.168 e. The molecule has 0 aliphatic heterocycles. The molecule has 0 aromatic heterocycles. The van der Waals surface area contributed by atoms with Crippen LogP contribution in [0.25, 0.3) is 22.3 Å². The zero-order chi connectivity index (χ0) is 25.0. The van der Waals surface area contributed by atoms with E-state index in [1.165, 1.54) is 32.6 Å². The average molecular weight is 686 g/mol. The molecule has 4 aliphatic carbocycles. The van der Waals surface area contributed by atoms with E-state index in [9.17, 15) is 0 Å². The molecule has 0 N–H and O–H groups in total. The first-order chi connectivity index (χ1) is 17.7. The summed E-state index contributed by atoms with van der Waals surface area (Å²) in [7, 11) is 12.7. The van der Waals surface area contributed by atoms with E-state index < -0.39 is 23.2 Å². The van der Waals surface area contributed by atoms with Gasteiger partial charge in [0.2, 0.25) is 0 Å². The van der Waals surface area contributed by atoms with Crippen molar-refractivity contribution in [3.63, 3.8) is 0 Å². The Bertz CT molecular complexity index is 1290. The predicted octanol–water partition coefficient (Wildman–Crippen LogP) is 7.90. The third kappa shape index (κ3) is 7.75. The zero-order valence-corrected chi connectivity index (χ0v) is 25.7. The number of halogens is 2. The topological polar surface area (TPSA) is 0 Å². The second-order valence-corrected chi connectivity index (χ2v) is 34.1. The Hall–Kier alpha value is -2.49. The Morgan fingerprint density at radius 2 is 0.806 bits per heavy atom. The van der Waals surface area contributed by atoms with E-state index in [0.717, 1.165) is 0 Å². The van der Waals surface area contributed by atoms with Gasteiger partial charge in [0.15, 0.2) is 0 Å². The third-order valence-corrected chi connectivity index (χ3v) is 27.2. The van der Waals surface area contributed by atoms with Crippen LogP contribution in [0.1, 0.15) is 0 Å². The molecule has 4 heteroatoms. The summed E-state index contributed by atoms with van der Waals surface area (Å²) in [4.78, 5) is 0. The number of benzene rings is 2. The molecular formula is C32H24Cl2HfSi-2. The molecule has 0 saturated carbocycles. The number of rotatable bonds is 2.